The third-order valence-electron chi connectivity index (χ3n) is 4.15. The molecule has 2 aromatic carbocycles. The molecule has 3 rings (SSSR count). The average Bonchev–Trinajstić information content (AvgIpc) is 2.62. The van der Waals surface area contributed by atoms with Crippen LogP contribution in [0.25, 0.3) is 0 Å². The van der Waals surface area contributed by atoms with Gasteiger partial charge in [0.05, 0.1) is 13.2 Å². The topological polar surface area (TPSA) is 29.5 Å². The van der Waals surface area contributed by atoms with Crippen molar-refractivity contribution in [1.82, 2.24) is 4.90 Å². The third kappa shape index (κ3) is 3.62. The zero-order valence-electron chi connectivity index (χ0n) is 12.7. The van der Waals surface area contributed by atoms with Crippen LogP contribution >= 0.6 is 0 Å². The molecule has 0 spiro atoms. The molecule has 3 nitrogen and oxygen atoms in total. The molecule has 0 saturated carbocycles. The predicted molar refractivity (Wildman–Crippen MR) is 87.0 cm³/mol. The molecule has 0 N–H and O–H groups in total. The molecule has 1 aliphatic heterocycles. The minimum atomic E-state index is 0.123. The number of benzene rings is 2. The summed E-state index contributed by atoms with van der Waals surface area (Å²) < 4.78 is 5.45. The average molecular weight is 295 g/mol. The molecule has 114 valence electrons. The van der Waals surface area contributed by atoms with Gasteiger partial charge in [0.2, 0.25) is 0 Å². The molecule has 1 atom stereocenters. The van der Waals surface area contributed by atoms with Crippen molar-refractivity contribution in [2.75, 3.05) is 26.3 Å². The Labute approximate surface area is 131 Å². The fourth-order valence-electron chi connectivity index (χ4n) is 2.94. The summed E-state index contributed by atoms with van der Waals surface area (Å²) in [5, 5.41) is 0. The SMILES string of the molecule is O=C(C[C@H](c1ccccc1)N1CCOCC1)c1ccccc1. The molecule has 0 bridgehead atoms. The Morgan fingerprint density at radius 3 is 2.18 bits per heavy atom. The Kier molecular flexibility index (Phi) is 4.99. The normalized spacial score (nSPS) is 17.1. The Morgan fingerprint density at radius 1 is 0.955 bits per heavy atom. The number of rotatable bonds is 5. The highest BCUT2D eigenvalue weighted by Gasteiger charge is 2.25. The molecule has 0 unspecified atom stereocenters. The maximum absolute atomic E-state index is 12.6. The summed E-state index contributed by atoms with van der Waals surface area (Å²) >= 11 is 0. The zero-order chi connectivity index (χ0) is 15.2. The van der Waals surface area contributed by atoms with Gasteiger partial charge in [0.1, 0.15) is 0 Å². The molecule has 0 aliphatic carbocycles. The standard InChI is InChI=1S/C19H21NO2/c21-19(17-9-5-2-6-10-17)15-18(16-7-3-1-4-8-16)20-11-13-22-14-12-20/h1-10,18H,11-15H2/t18-/m1/s1. The molecular weight excluding hydrogens is 274 g/mol. The van der Waals surface area contributed by atoms with Crippen LogP contribution in [0.3, 0.4) is 0 Å². The molecule has 0 amide bonds. The van der Waals surface area contributed by atoms with Crippen molar-refractivity contribution in [1.29, 1.82) is 0 Å². The Hall–Kier alpha value is -1.97. The van der Waals surface area contributed by atoms with E-state index in [0.717, 1.165) is 31.9 Å². The molecule has 2 aromatic rings. The van der Waals surface area contributed by atoms with E-state index in [1.165, 1.54) is 5.56 Å². The van der Waals surface area contributed by atoms with Gasteiger partial charge in [-0.15, -0.1) is 0 Å². The monoisotopic (exact) mass is 295 g/mol. The van der Waals surface area contributed by atoms with E-state index < -0.39 is 0 Å². The van der Waals surface area contributed by atoms with Crippen LogP contribution in [0.4, 0.5) is 0 Å². The van der Waals surface area contributed by atoms with Crippen LogP contribution in [0.2, 0.25) is 0 Å². The highest BCUT2D eigenvalue weighted by Crippen LogP contribution is 2.26. The first-order valence-corrected chi connectivity index (χ1v) is 7.79. The van der Waals surface area contributed by atoms with Crippen LogP contribution in [-0.2, 0) is 4.74 Å². The smallest absolute Gasteiger partial charge is 0.164 e. The zero-order valence-corrected chi connectivity index (χ0v) is 12.7. The van der Waals surface area contributed by atoms with Crippen LogP contribution < -0.4 is 0 Å². The molecule has 0 aromatic heterocycles. The Balaban J connectivity index is 1.81. The number of carbonyl (C=O) groups excluding carboxylic acids is 1. The number of Topliss-reactive ketones (excluding diaryl/α,β-unsaturated/α-hetero) is 1. The van der Waals surface area contributed by atoms with Gasteiger partial charge >= 0.3 is 0 Å². The fourth-order valence-corrected chi connectivity index (χ4v) is 2.94. The van der Waals surface area contributed by atoms with Crippen molar-refractivity contribution in [2.45, 2.75) is 12.5 Å². The number of ketones is 1. The summed E-state index contributed by atoms with van der Waals surface area (Å²) in [6.07, 6.45) is 0.508. The van der Waals surface area contributed by atoms with E-state index in [1.54, 1.807) is 0 Å². The van der Waals surface area contributed by atoms with Gasteiger partial charge in [-0.1, -0.05) is 60.7 Å². The first-order valence-electron chi connectivity index (χ1n) is 7.79. The minimum Gasteiger partial charge on any atom is -0.379 e. The quantitative estimate of drug-likeness (QED) is 0.792. The van der Waals surface area contributed by atoms with E-state index in [1.807, 2.05) is 48.5 Å². The second-order valence-corrected chi connectivity index (χ2v) is 5.57. The van der Waals surface area contributed by atoms with Crippen molar-refractivity contribution in [3.8, 4) is 0 Å². The van der Waals surface area contributed by atoms with Gasteiger partial charge in [0.15, 0.2) is 5.78 Å². The molecule has 1 aliphatic rings. The van der Waals surface area contributed by atoms with Crippen molar-refractivity contribution >= 4 is 5.78 Å². The van der Waals surface area contributed by atoms with Crippen molar-refractivity contribution in [3.63, 3.8) is 0 Å². The van der Waals surface area contributed by atoms with Crippen LogP contribution in [0.5, 0.6) is 0 Å². The van der Waals surface area contributed by atoms with Gasteiger partial charge in [-0.3, -0.25) is 9.69 Å². The summed E-state index contributed by atoms with van der Waals surface area (Å²) in [5.41, 5.74) is 1.99. The van der Waals surface area contributed by atoms with E-state index in [0.29, 0.717) is 6.42 Å². The first-order chi connectivity index (χ1) is 10.8. The van der Waals surface area contributed by atoms with Crippen LogP contribution in [-0.4, -0.2) is 37.0 Å². The van der Waals surface area contributed by atoms with Gasteiger partial charge in [0.25, 0.3) is 0 Å². The second-order valence-electron chi connectivity index (χ2n) is 5.57. The molecule has 1 saturated heterocycles. The maximum Gasteiger partial charge on any atom is 0.164 e. The summed E-state index contributed by atoms with van der Waals surface area (Å²) in [4.78, 5) is 15.0. The molecule has 22 heavy (non-hydrogen) atoms. The Morgan fingerprint density at radius 2 is 1.55 bits per heavy atom. The molecule has 0 radical (unpaired) electrons. The number of morpholine rings is 1. The van der Waals surface area contributed by atoms with Crippen LogP contribution in [0.1, 0.15) is 28.4 Å². The van der Waals surface area contributed by atoms with Gasteiger partial charge in [-0.2, -0.15) is 0 Å². The van der Waals surface area contributed by atoms with Gasteiger partial charge < -0.3 is 4.74 Å². The lowest BCUT2D eigenvalue weighted by molar-refractivity contribution is 0.0145. The molecule has 1 heterocycles. The van der Waals surface area contributed by atoms with Crippen molar-refractivity contribution in [2.24, 2.45) is 0 Å². The summed E-state index contributed by atoms with van der Waals surface area (Å²) in [6, 6.07) is 20.0. The molecular formula is C19H21NO2. The van der Waals surface area contributed by atoms with E-state index in [4.69, 9.17) is 4.74 Å². The van der Waals surface area contributed by atoms with E-state index in [9.17, 15) is 4.79 Å². The largest absolute Gasteiger partial charge is 0.379 e. The Bertz CT molecular complexity index is 591. The van der Waals surface area contributed by atoms with Crippen LogP contribution in [0, 0.1) is 0 Å². The lowest BCUT2D eigenvalue weighted by Gasteiger charge is -2.34. The second kappa shape index (κ2) is 7.34. The number of ether oxygens (including phenoxy) is 1. The lowest BCUT2D eigenvalue weighted by Crippen LogP contribution is -2.39. The number of hydrogen-bond acceptors (Lipinski definition) is 3. The van der Waals surface area contributed by atoms with Gasteiger partial charge in [-0.25, -0.2) is 0 Å². The predicted octanol–water partition coefficient (Wildman–Crippen LogP) is 3.33. The van der Waals surface area contributed by atoms with E-state index >= 15 is 0 Å². The van der Waals surface area contributed by atoms with E-state index in [2.05, 4.69) is 17.0 Å². The summed E-state index contributed by atoms with van der Waals surface area (Å²) in [7, 11) is 0. The van der Waals surface area contributed by atoms with Crippen molar-refractivity contribution in [3.05, 3.63) is 71.8 Å². The van der Waals surface area contributed by atoms with Gasteiger partial charge in [0, 0.05) is 31.1 Å². The minimum absolute atomic E-state index is 0.123. The number of nitrogens with zero attached hydrogens (tertiary/aromatic N) is 1. The third-order valence-corrected chi connectivity index (χ3v) is 4.15. The highest BCUT2D eigenvalue weighted by molar-refractivity contribution is 5.96. The van der Waals surface area contributed by atoms with E-state index in [-0.39, 0.29) is 11.8 Å². The summed E-state index contributed by atoms with van der Waals surface area (Å²) in [5.74, 6) is 0.195. The summed E-state index contributed by atoms with van der Waals surface area (Å²) in [6.45, 7) is 3.23. The van der Waals surface area contributed by atoms with Crippen molar-refractivity contribution < 1.29 is 9.53 Å². The number of carbonyl (C=O) groups is 1. The van der Waals surface area contributed by atoms with Gasteiger partial charge in [-0.05, 0) is 5.56 Å². The highest BCUT2D eigenvalue weighted by atomic mass is 16.5. The fraction of sp³-hybridized carbons (Fsp3) is 0.316. The maximum atomic E-state index is 12.6. The number of hydrogen-bond donors (Lipinski definition) is 0. The first kappa shape index (κ1) is 14.9. The van der Waals surface area contributed by atoms with Crippen LogP contribution in [0.15, 0.2) is 60.7 Å². The lowest BCUT2D eigenvalue weighted by atomic mass is 9.96. The molecule has 1 fully saturated rings. The molecule has 3 heteroatoms.